The zero-order valence-electron chi connectivity index (χ0n) is 15.5. The molecule has 0 atom stereocenters. The van der Waals surface area contributed by atoms with Crippen LogP contribution in [0.25, 0.3) is 16.9 Å². The Balaban J connectivity index is 1.88. The van der Waals surface area contributed by atoms with Crippen LogP contribution in [-0.4, -0.2) is 22.9 Å². The smallest absolute Gasteiger partial charge is 0.407 e. The highest BCUT2D eigenvalue weighted by Crippen LogP contribution is 2.24. The predicted octanol–water partition coefficient (Wildman–Crippen LogP) is 4.32. The third kappa shape index (κ3) is 3.77. The van der Waals surface area contributed by atoms with E-state index in [1.54, 1.807) is 7.05 Å². The molecule has 0 radical (unpaired) electrons. The van der Waals surface area contributed by atoms with E-state index < -0.39 is 6.09 Å². The first kappa shape index (κ1) is 17.7. The van der Waals surface area contributed by atoms with E-state index in [1.807, 2.05) is 42.1 Å². The second kappa shape index (κ2) is 7.44. The van der Waals surface area contributed by atoms with Crippen molar-refractivity contribution in [3.63, 3.8) is 0 Å². The number of hydrogen-bond donors (Lipinski definition) is 1. The third-order valence-electron chi connectivity index (χ3n) is 4.41. The van der Waals surface area contributed by atoms with Crippen LogP contribution in [0.3, 0.4) is 0 Å². The minimum Gasteiger partial charge on any atom is -0.445 e. The van der Waals surface area contributed by atoms with Gasteiger partial charge in [0.1, 0.15) is 6.61 Å². The molecular weight excluding hydrogens is 326 g/mol. The average Bonchev–Trinajstić information content (AvgIpc) is 3.10. The molecule has 0 aliphatic rings. The fourth-order valence-corrected chi connectivity index (χ4v) is 2.88. The normalized spacial score (nSPS) is 10.6. The van der Waals surface area contributed by atoms with E-state index in [0.717, 1.165) is 28.1 Å². The number of carbonyl (C=O) groups excluding carboxylic acids is 1. The monoisotopic (exact) mass is 349 g/mol. The van der Waals surface area contributed by atoms with Gasteiger partial charge in [-0.3, -0.25) is 0 Å². The molecule has 5 heteroatoms. The highest BCUT2D eigenvalue weighted by Gasteiger charge is 2.09. The fraction of sp³-hybridized carbons (Fsp3) is 0.238. The summed E-state index contributed by atoms with van der Waals surface area (Å²) in [6.45, 7) is 6.41. The number of rotatable bonds is 4. The minimum absolute atomic E-state index is 0.227. The average molecular weight is 349 g/mol. The molecule has 1 amide bonds. The maximum atomic E-state index is 11.3. The Morgan fingerprint density at radius 2 is 1.88 bits per heavy atom. The van der Waals surface area contributed by atoms with Crippen LogP contribution in [-0.2, 0) is 11.3 Å². The quantitative estimate of drug-likeness (QED) is 0.763. The number of nitrogens with zero attached hydrogens (tertiary/aromatic N) is 2. The summed E-state index contributed by atoms with van der Waals surface area (Å²) in [7, 11) is 1.55. The second-order valence-electron chi connectivity index (χ2n) is 6.40. The van der Waals surface area contributed by atoms with Crippen molar-refractivity contribution in [2.45, 2.75) is 27.4 Å². The molecule has 5 nitrogen and oxygen atoms in total. The van der Waals surface area contributed by atoms with Gasteiger partial charge in [0.25, 0.3) is 0 Å². The Kier molecular flexibility index (Phi) is 5.07. The second-order valence-corrected chi connectivity index (χ2v) is 6.40. The van der Waals surface area contributed by atoms with Crippen molar-refractivity contribution >= 4 is 6.09 Å². The van der Waals surface area contributed by atoms with Gasteiger partial charge in [0.15, 0.2) is 0 Å². The van der Waals surface area contributed by atoms with E-state index in [1.165, 1.54) is 11.1 Å². The highest BCUT2D eigenvalue weighted by molar-refractivity contribution is 5.66. The molecule has 0 unspecified atom stereocenters. The van der Waals surface area contributed by atoms with Crippen LogP contribution in [0.2, 0.25) is 0 Å². The van der Waals surface area contributed by atoms with Gasteiger partial charge < -0.3 is 10.1 Å². The lowest BCUT2D eigenvalue weighted by Gasteiger charge is -2.10. The largest absolute Gasteiger partial charge is 0.445 e. The molecule has 0 saturated carbocycles. The molecule has 3 aromatic rings. The van der Waals surface area contributed by atoms with Crippen LogP contribution >= 0.6 is 0 Å². The lowest BCUT2D eigenvalue weighted by Crippen LogP contribution is -2.19. The standard InChI is InChI=1S/C21H23N3O2/c1-14-5-8-19(16(3)11-14)20-9-10-24(23-20)18-7-6-15(2)17(12-18)13-26-21(25)22-4/h5-12H,13H2,1-4H3,(H,22,25). The summed E-state index contributed by atoms with van der Waals surface area (Å²) < 4.78 is 7.02. The van der Waals surface area contributed by atoms with Gasteiger partial charge in [-0.25, -0.2) is 9.48 Å². The molecule has 2 aromatic carbocycles. The van der Waals surface area contributed by atoms with E-state index in [9.17, 15) is 4.79 Å². The first-order chi connectivity index (χ1) is 12.5. The molecule has 0 spiro atoms. The van der Waals surface area contributed by atoms with Crippen molar-refractivity contribution < 1.29 is 9.53 Å². The number of aromatic nitrogens is 2. The van der Waals surface area contributed by atoms with Crippen molar-refractivity contribution in [3.8, 4) is 16.9 Å². The molecule has 0 fully saturated rings. The van der Waals surface area contributed by atoms with Crippen molar-refractivity contribution in [3.05, 3.63) is 70.9 Å². The van der Waals surface area contributed by atoms with Crippen molar-refractivity contribution in [2.75, 3.05) is 7.05 Å². The summed E-state index contributed by atoms with van der Waals surface area (Å²) >= 11 is 0. The van der Waals surface area contributed by atoms with Crippen LogP contribution < -0.4 is 5.32 Å². The third-order valence-corrected chi connectivity index (χ3v) is 4.41. The Morgan fingerprint density at radius 1 is 1.08 bits per heavy atom. The topological polar surface area (TPSA) is 56.1 Å². The van der Waals surface area contributed by atoms with Crippen molar-refractivity contribution in [1.82, 2.24) is 15.1 Å². The maximum absolute atomic E-state index is 11.3. The van der Waals surface area contributed by atoms with Crippen LogP contribution in [0, 0.1) is 20.8 Å². The van der Waals surface area contributed by atoms with E-state index in [4.69, 9.17) is 9.84 Å². The van der Waals surface area contributed by atoms with Crippen LogP contribution in [0.5, 0.6) is 0 Å². The number of nitrogens with one attached hydrogen (secondary N) is 1. The maximum Gasteiger partial charge on any atom is 0.407 e. The zero-order chi connectivity index (χ0) is 18.7. The SMILES string of the molecule is CNC(=O)OCc1cc(-n2ccc(-c3ccc(C)cc3C)n2)ccc1C. The first-order valence-corrected chi connectivity index (χ1v) is 8.55. The Hall–Kier alpha value is -3.08. The number of amides is 1. The van der Waals surface area contributed by atoms with E-state index in [-0.39, 0.29) is 6.61 Å². The molecule has 0 bridgehead atoms. The zero-order valence-corrected chi connectivity index (χ0v) is 15.5. The fourth-order valence-electron chi connectivity index (χ4n) is 2.88. The molecule has 1 heterocycles. The summed E-state index contributed by atoms with van der Waals surface area (Å²) in [4.78, 5) is 11.3. The Labute approximate surface area is 153 Å². The number of carbonyl (C=O) groups is 1. The molecule has 1 N–H and O–H groups in total. The predicted molar refractivity (Wildman–Crippen MR) is 102 cm³/mol. The van der Waals surface area contributed by atoms with Crippen molar-refractivity contribution in [2.24, 2.45) is 0 Å². The number of ether oxygens (including phenoxy) is 1. The van der Waals surface area contributed by atoms with E-state index in [2.05, 4.69) is 37.4 Å². The molecule has 0 saturated heterocycles. The molecule has 0 aliphatic carbocycles. The Morgan fingerprint density at radius 3 is 2.62 bits per heavy atom. The lowest BCUT2D eigenvalue weighted by atomic mass is 10.0. The van der Waals surface area contributed by atoms with Gasteiger partial charge in [-0.05, 0) is 55.7 Å². The molecule has 0 aliphatic heterocycles. The molecule has 134 valence electrons. The van der Waals surface area contributed by atoms with Gasteiger partial charge in [-0.1, -0.05) is 29.8 Å². The summed E-state index contributed by atoms with van der Waals surface area (Å²) in [6.07, 6.45) is 1.51. The summed E-state index contributed by atoms with van der Waals surface area (Å²) in [6, 6.07) is 14.4. The van der Waals surface area contributed by atoms with Crippen LogP contribution in [0.1, 0.15) is 22.3 Å². The molecule has 1 aromatic heterocycles. The van der Waals surface area contributed by atoms with Gasteiger partial charge in [0.2, 0.25) is 0 Å². The van der Waals surface area contributed by atoms with Gasteiger partial charge >= 0.3 is 6.09 Å². The number of benzene rings is 2. The minimum atomic E-state index is -0.439. The van der Waals surface area contributed by atoms with Crippen LogP contribution in [0.15, 0.2) is 48.7 Å². The summed E-state index contributed by atoms with van der Waals surface area (Å²) in [5.74, 6) is 0. The first-order valence-electron chi connectivity index (χ1n) is 8.55. The van der Waals surface area contributed by atoms with Gasteiger partial charge in [0.05, 0.1) is 11.4 Å². The lowest BCUT2D eigenvalue weighted by molar-refractivity contribution is 0.142. The van der Waals surface area contributed by atoms with Gasteiger partial charge in [-0.15, -0.1) is 0 Å². The molecular formula is C21H23N3O2. The number of alkyl carbamates (subject to hydrolysis) is 1. The highest BCUT2D eigenvalue weighted by atomic mass is 16.5. The van der Waals surface area contributed by atoms with E-state index >= 15 is 0 Å². The Bertz CT molecular complexity index is 944. The van der Waals surface area contributed by atoms with Gasteiger partial charge in [-0.2, -0.15) is 5.10 Å². The number of hydrogen-bond acceptors (Lipinski definition) is 3. The summed E-state index contributed by atoms with van der Waals surface area (Å²) in [5.41, 5.74) is 7.47. The summed E-state index contributed by atoms with van der Waals surface area (Å²) in [5, 5.41) is 7.17. The van der Waals surface area contributed by atoms with Crippen LogP contribution in [0.4, 0.5) is 4.79 Å². The van der Waals surface area contributed by atoms with Crippen molar-refractivity contribution in [1.29, 1.82) is 0 Å². The van der Waals surface area contributed by atoms with Gasteiger partial charge in [0, 0.05) is 18.8 Å². The number of aryl methyl sites for hydroxylation is 3. The molecule has 26 heavy (non-hydrogen) atoms. The van der Waals surface area contributed by atoms with E-state index in [0.29, 0.717) is 0 Å². The molecule has 3 rings (SSSR count).